The number of halogens is 2. The van der Waals surface area contributed by atoms with Crippen molar-refractivity contribution in [1.82, 2.24) is 10.2 Å². The van der Waals surface area contributed by atoms with E-state index in [0.29, 0.717) is 10.2 Å². The van der Waals surface area contributed by atoms with Gasteiger partial charge in [0.25, 0.3) is 5.91 Å². The molecule has 0 saturated heterocycles. The minimum atomic E-state index is -0.573. The Labute approximate surface area is 134 Å². The Morgan fingerprint density at radius 2 is 2.05 bits per heavy atom. The van der Waals surface area contributed by atoms with Crippen molar-refractivity contribution in [2.45, 2.75) is 0 Å². The molecule has 0 radical (unpaired) electrons. The molecule has 1 amide bonds. The maximum Gasteiger partial charge on any atom is 0.258 e. The average Bonchev–Trinajstić information content (AvgIpc) is 3.01. The van der Waals surface area contributed by atoms with Crippen molar-refractivity contribution in [2.24, 2.45) is 0 Å². The molecule has 0 aliphatic heterocycles. The number of rotatable bonds is 3. The summed E-state index contributed by atoms with van der Waals surface area (Å²) in [6.45, 7) is 0. The van der Waals surface area contributed by atoms with Crippen LogP contribution in [-0.4, -0.2) is 16.1 Å². The molecule has 0 atom stereocenters. The average molecular weight is 360 g/mol. The molecule has 0 aliphatic rings. The molecular formula is C16H11BrFN3O. The molecule has 0 fully saturated rings. The summed E-state index contributed by atoms with van der Waals surface area (Å²) >= 11 is 3.16. The lowest BCUT2D eigenvalue weighted by molar-refractivity contribution is 0.102. The highest BCUT2D eigenvalue weighted by molar-refractivity contribution is 9.10. The van der Waals surface area contributed by atoms with Gasteiger partial charge in [-0.1, -0.05) is 28.1 Å². The van der Waals surface area contributed by atoms with E-state index in [1.807, 2.05) is 18.2 Å². The second kappa shape index (κ2) is 6.11. The second-order valence-electron chi connectivity index (χ2n) is 4.63. The Kier molecular flexibility index (Phi) is 4.02. The summed E-state index contributed by atoms with van der Waals surface area (Å²) in [6, 6.07) is 13.4. The first-order chi connectivity index (χ1) is 10.6. The molecule has 0 saturated carbocycles. The van der Waals surface area contributed by atoms with Gasteiger partial charge in [-0.2, -0.15) is 5.10 Å². The lowest BCUT2D eigenvalue weighted by Gasteiger charge is -2.08. The number of H-pyrrole nitrogens is 1. The van der Waals surface area contributed by atoms with Gasteiger partial charge in [-0.05, 0) is 36.4 Å². The first-order valence-electron chi connectivity index (χ1n) is 6.50. The smallest absolute Gasteiger partial charge is 0.258 e. The third-order valence-electron chi connectivity index (χ3n) is 3.11. The van der Waals surface area contributed by atoms with E-state index >= 15 is 0 Å². The summed E-state index contributed by atoms with van der Waals surface area (Å²) in [7, 11) is 0. The normalized spacial score (nSPS) is 10.5. The van der Waals surface area contributed by atoms with Crippen LogP contribution in [0.3, 0.4) is 0 Å². The fourth-order valence-electron chi connectivity index (χ4n) is 2.05. The summed E-state index contributed by atoms with van der Waals surface area (Å²) in [4.78, 5) is 12.2. The number of nitrogens with zero attached hydrogens (tertiary/aromatic N) is 1. The maximum atomic E-state index is 13.8. The van der Waals surface area contributed by atoms with Gasteiger partial charge in [0.2, 0.25) is 0 Å². The first kappa shape index (κ1) is 14.5. The predicted octanol–water partition coefficient (Wildman–Crippen LogP) is 4.23. The van der Waals surface area contributed by atoms with Crippen LogP contribution >= 0.6 is 15.9 Å². The maximum absolute atomic E-state index is 13.8. The standard InChI is InChI=1S/C16H11BrFN3O/c17-11-4-5-13(14(18)9-11)16(22)20-12-3-1-2-10(8-12)15-6-7-19-21-15/h1-9H,(H,19,21)(H,20,22). The van der Waals surface area contributed by atoms with Gasteiger partial charge in [0.1, 0.15) is 5.82 Å². The van der Waals surface area contributed by atoms with E-state index in [1.54, 1.807) is 24.4 Å². The highest BCUT2D eigenvalue weighted by atomic mass is 79.9. The van der Waals surface area contributed by atoms with E-state index in [0.717, 1.165) is 11.3 Å². The summed E-state index contributed by atoms with van der Waals surface area (Å²) in [6.07, 6.45) is 1.65. The van der Waals surface area contributed by atoms with Gasteiger partial charge in [0.05, 0.1) is 11.3 Å². The Bertz CT molecular complexity index is 818. The number of carbonyl (C=O) groups is 1. The van der Waals surface area contributed by atoms with Gasteiger partial charge in [0, 0.05) is 21.9 Å². The first-order valence-corrected chi connectivity index (χ1v) is 7.29. The van der Waals surface area contributed by atoms with Crippen LogP contribution in [0.15, 0.2) is 59.2 Å². The zero-order chi connectivity index (χ0) is 15.5. The Morgan fingerprint density at radius 3 is 2.77 bits per heavy atom. The molecule has 22 heavy (non-hydrogen) atoms. The number of anilines is 1. The van der Waals surface area contributed by atoms with E-state index < -0.39 is 11.7 Å². The number of benzene rings is 2. The molecular weight excluding hydrogens is 349 g/mol. The molecule has 4 nitrogen and oxygen atoms in total. The van der Waals surface area contributed by atoms with Gasteiger partial charge in [-0.25, -0.2) is 4.39 Å². The lowest BCUT2D eigenvalue weighted by Crippen LogP contribution is -2.13. The van der Waals surface area contributed by atoms with Gasteiger partial charge in [-0.3, -0.25) is 9.89 Å². The SMILES string of the molecule is O=C(Nc1cccc(-c2ccn[nH]2)c1)c1ccc(Br)cc1F. The minimum absolute atomic E-state index is 0.00450. The van der Waals surface area contributed by atoms with Gasteiger partial charge in [-0.15, -0.1) is 0 Å². The zero-order valence-electron chi connectivity index (χ0n) is 11.3. The molecule has 110 valence electrons. The molecule has 0 aliphatic carbocycles. The minimum Gasteiger partial charge on any atom is -0.322 e. The number of amides is 1. The van der Waals surface area contributed by atoms with Crippen LogP contribution in [0.5, 0.6) is 0 Å². The predicted molar refractivity (Wildman–Crippen MR) is 86.1 cm³/mol. The van der Waals surface area contributed by atoms with Crippen LogP contribution < -0.4 is 5.32 Å². The summed E-state index contributed by atoms with van der Waals surface area (Å²) in [5.74, 6) is -1.07. The highest BCUT2D eigenvalue weighted by Gasteiger charge is 2.12. The van der Waals surface area contributed by atoms with E-state index in [1.165, 1.54) is 12.1 Å². The summed E-state index contributed by atoms with van der Waals surface area (Å²) < 4.78 is 14.4. The van der Waals surface area contributed by atoms with Crippen molar-refractivity contribution in [3.63, 3.8) is 0 Å². The quantitative estimate of drug-likeness (QED) is 0.734. The molecule has 0 spiro atoms. The molecule has 0 bridgehead atoms. The van der Waals surface area contributed by atoms with Gasteiger partial charge >= 0.3 is 0 Å². The highest BCUT2D eigenvalue weighted by Crippen LogP contribution is 2.21. The number of hydrogen-bond donors (Lipinski definition) is 2. The van der Waals surface area contributed by atoms with Crippen LogP contribution in [0.25, 0.3) is 11.3 Å². The van der Waals surface area contributed by atoms with E-state index in [9.17, 15) is 9.18 Å². The molecule has 6 heteroatoms. The molecule has 3 rings (SSSR count). The molecule has 2 N–H and O–H groups in total. The zero-order valence-corrected chi connectivity index (χ0v) is 12.9. The number of carbonyl (C=O) groups excluding carboxylic acids is 1. The Hall–Kier alpha value is -2.47. The van der Waals surface area contributed by atoms with Crippen molar-refractivity contribution < 1.29 is 9.18 Å². The number of hydrogen-bond acceptors (Lipinski definition) is 2. The lowest BCUT2D eigenvalue weighted by atomic mass is 10.1. The summed E-state index contributed by atoms with van der Waals surface area (Å²) in [5.41, 5.74) is 2.30. The number of aromatic amines is 1. The third kappa shape index (κ3) is 3.07. The van der Waals surface area contributed by atoms with Crippen molar-refractivity contribution in [3.8, 4) is 11.3 Å². The summed E-state index contributed by atoms with van der Waals surface area (Å²) in [5, 5.41) is 9.44. The van der Waals surface area contributed by atoms with E-state index in [-0.39, 0.29) is 5.56 Å². The van der Waals surface area contributed by atoms with Gasteiger partial charge < -0.3 is 5.32 Å². The second-order valence-corrected chi connectivity index (χ2v) is 5.55. The number of nitrogens with one attached hydrogen (secondary N) is 2. The van der Waals surface area contributed by atoms with Crippen LogP contribution in [-0.2, 0) is 0 Å². The molecule has 0 unspecified atom stereocenters. The Balaban J connectivity index is 1.84. The topological polar surface area (TPSA) is 57.8 Å². The third-order valence-corrected chi connectivity index (χ3v) is 3.60. The van der Waals surface area contributed by atoms with Crippen LogP contribution in [0.1, 0.15) is 10.4 Å². The number of aromatic nitrogens is 2. The molecule has 2 aromatic carbocycles. The van der Waals surface area contributed by atoms with Crippen LogP contribution in [0.2, 0.25) is 0 Å². The van der Waals surface area contributed by atoms with E-state index in [4.69, 9.17) is 0 Å². The van der Waals surface area contributed by atoms with Crippen molar-refractivity contribution >= 4 is 27.5 Å². The van der Waals surface area contributed by atoms with Gasteiger partial charge in [0.15, 0.2) is 0 Å². The molecule has 1 aromatic heterocycles. The molecule has 3 aromatic rings. The van der Waals surface area contributed by atoms with Crippen molar-refractivity contribution in [2.75, 3.05) is 5.32 Å². The Morgan fingerprint density at radius 1 is 1.18 bits per heavy atom. The van der Waals surface area contributed by atoms with Crippen molar-refractivity contribution in [3.05, 3.63) is 70.6 Å². The van der Waals surface area contributed by atoms with Crippen molar-refractivity contribution in [1.29, 1.82) is 0 Å². The van der Waals surface area contributed by atoms with Crippen LogP contribution in [0.4, 0.5) is 10.1 Å². The largest absolute Gasteiger partial charge is 0.322 e. The fraction of sp³-hybridized carbons (Fsp3) is 0. The monoisotopic (exact) mass is 359 g/mol. The fourth-order valence-corrected chi connectivity index (χ4v) is 2.39. The molecule has 1 heterocycles. The van der Waals surface area contributed by atoms with E-state index in [2.05, 4.69) is 31.4 Å². The van der Waals surface area contributed by atoms with Crippen LogP contribution in [0, 0.1) is 5.82 Å².